The summed E-state index contributed by atoms with van der Waals surface area (Å²) in [5, 5.41) is 0. The van der Waals surface area contributed by atoms with Gasteiger partial charge in [-0.15, -0.1) is 0 Å². The monoisotopic (exact) mass is 411 g/mol. The third kappa shape index (κ3) is 5.43. The maximum Gasteiger partial charge on any atom is 0.338 e. The fourth-order valence-electron chi connectivity index (χ4n) is 2.70. The van der Waals surface area contributed by atoms with Gasteiger partial charge in [0.15, 0.2) is 0 Å². The lowest BCUT2D eigenvalue weighted by atomic mass is 10.2. The van der Waals surface area contributed by atoms with Crippen molar-refractivity contribution < 1.29 is 22.7 Å². The Kier molecular flexibility index (Phi) is 6.64. The molecule has 6 nitrogen and oxygen atoms in total. The first kappa shape index (κ1) is 20.6. The molecule has 0 aliphatic heterocycles. The van der Waals surface area contributed by atoms with Crippen molar-refractivity contribution in [2.75, 3.05) is 7.11 Å². The van der Waals surface area contributed by atoms with Crippen LogP contribution in [0.5, 0.6) is 5.75 Å². The van der Waals surface area contributed by atoms with Crippen molar-refractivity contribution in [2.45, 2.75) is 18.0 Å². The van der Waals surface area contributed by atoms with Gasteiger partial charge in [0, 0.05) is 12.1 Å². The largest absolute Gasteiger partial charge is 0.496 e. The van der Waals surface area contributed by atoms with E-state index in [9.17, 15) is 13.2 Å². The summed E-state index contributed by atoms with van der Waals surface area (Å²) in [6.45, 7) is 0.178. The van der Waals surface area contributed by atoms with Gasteiger partial charge in [0.2, 0.25) is 10.0 Å². The number of carbonyl (C=O) groups is 1. The number of ether oxygens (including phenoxy) is 2. The number of hydrogen-bond acceptors (Lipinski definition) is 5. The highest BCUT2D eigenvalue weighted by Gasteiger charge is 2.17. The smallest absolute Gasteiger partial charge is 0.338 e. The summed E-state index contributed by atoms with van der Waals surface area (Å²) < 4.78 is 38.2. The summed E-state index contributed by atoms with van der Waals surface area (Å²) in [5.74, 6) is -0.00208. The molecule has 3 aromatic rings. The Morgan fingerprint density at radius 3 is 2.41 bits per heavy atom. The molecule has 7 heteroatoms. The fraction of sp³-hybridized carbons (Fsp3) is 0.136. The highest BCUT2D eigenvalue weighted by Crippen LogP contribution is 2.19. The average molecular weight is 411 g/mol. The molecule has 3 rings (SSSR count). The molecule has 29 heavy (non-hydrogen) atoms. The summed E-state index contributed by atoms with van der Waals surface area (Å²) >= 11 is 0. The molecule has 0 radical (unpaired) electrons. The van der Waals surface area contributed by atoms with Gasteiger partial charge in [0.1, 0.15) is 12.4 Å². The van der Waals surface area contributed by atoms with E-state index in [0.29, 0.717) is 5.75 Å². The van der Waals surface area contributed by atoms with Crippen molar-refractivity contribution in [2.24, 2.45) is 0 Å². The van der Waals surface area contributed by atoms with Crippen LogP contribution in [0.2, 0.25) is 0 Å². The number of carbonyl (C=O) groups excluding carboxylic acids is 1. The van der Waals surface area contributed by atoms with Gasteiger partial charge in [-0.1, -0.05) is 54.6 Å². The summed E-state index contributed by atoms with van der Waals surface area (Å²) in [4.78, 5) is 12.4. The number of methoxy groups -OCH3 is 1. The molecule has 0 saturated heterocycles. The molecule has 3 aromatic carbocycles. The number of esters is 1. The summed E-state index contributed by atoms with van der Waals surface area (Å²) in [6, 6.07) is 22.2. The number of hydrogen-bond donors (Lipinski definition) is 1. The van der Waals surface area contributed by atoms with E-state index < -0.39 is 16.0 Å². The molecular weight excluding hydrogens is 390 g/mol. The second kappa shape index (κ2) is 9.36. The van der Waals surface area contributed by atoms with Gasteiger partial charge in [-0.2, -0.15) is 0 Å². The second-order valence-corrected chi connectivity index (χ2v) is 7.99. The first-order valence-electron chi connectivity index (χ1n) is 8.92. The van der Waals surface area contributed by atoms with E-state index in [-0.39, 0.29) is 23.6 Å². The molecule has 0 spiro atoms. The molecule has 0 aromatic heterocycles. The molecule has 0 aliphatic carbocycles. The number of para-hydroxylation sites is 1. The summed E-state index contributed by atoms with van der Waals surface area (Å²) in [5.41, 5.74) is 1.71. The minimum absolute atomic E-state index is 0.000160. The van der Waals surface area contributed by atoms with Crippen molar-refractivity contribution in [1.82, 2.24) is 4.72 Å². The molecule has 0 atom stereocenters. The number of nitrogens with one attached hydrogen (secondary N) is 1. The highest BCUT2D eigenvalue weighted by atomic mass is 32.2. The van der Waals surface area contributed by atoms with Crippen molar-refractivity contribution in [1.29, 1.82) is 0 Å². The molecule has 150 valence electrons. The highest BCUT2D eigenvalue weighted by molar-refractivity contribution is 7.89. The Morgan fingerprint density at radius 1 is 0.931 bits per heavy atom. The van der Waals surface area contributed by atoms with Crippen LogP contribution in [0, 0.1) is 0 Å². The van der Waals surface area contributed by atoms with Gasteiger partial charge in [-0.05, 0) is 29.8 Å². The van der Waals surface area contributed by atoms with Crippen LogP contribution in [0.3, 0.4) is 0 Å². The molecule has 0 fully saturated rings. The number of benzene rings is 3. The van der Waals surface area contributed by atoms with Crippen molar-refractivity contribution in [3.8, 4) is 5.75 Å². The quantitative estimate of drug-likeness (QED) is 0.574. The third-order valence-electron chi connectivity index (χ3n) is 4.24. The molecule has 0 heterocycles. The van der Waals surface area contributed by atoms with E-state index >= 15 is 0 Å². The van der Waals surface area contributed by atoms with Gasteiger partial charge in [0.25, 0.3) is 0 Å². The maximum absolute atomic E-state index is 12.6. The summed E-state index contributed by atoms with van der Waals surface area (Å²) in [6.07, 6.45) is 0. The van der Waals surface area contributed by atoms with Crippen LogP contribution in [0.1, 0.15) is 21.5 Å². The van der Waals surface area contributed by atoms with E-state index in [1.54, 1.807) is 12.1 Å². The van der Waals surface area contributed by atoms with Crippen molar-refractivity contribution >= 4 is 16.0 Å². The van der Waals surface area contributed by atoms with Crippen LogP contribution < -0.4 is 9.46 Å². The summed E-state index contributed by atoms with van der Waals surface area (Å²) in [7, 11) is -2.23. The SMILES string of the molecule is COc1ccccc1COC(=O)c1cccc(S(=O)(=O)NCc2ccccc2)c1. The lowest BCUT2D eigenvalue weighted by Gasteiger charge is -2.10. The van der Waals surface area contributed by atoms with Crippen LogP contribution in [0.15, 0.2) is 83.8 Å². The minimum atomic E-state index is -3.77. The van der Waals surface area contributed by atoms with Gasteiger partial charge in [-0.25, -0.2) is 17.9 Å². The Bertz CT molecular complexity index is 1080. The predicted octanol–water partition coefficient (Wildman–Crippen LogP) is 3.53. The van der Waals surface area contributed by atoms with Gasteiger partial charge in [-0.3, -0.25) is 0 Å². The topological polar surface area (TPSA) is 81.7 Å². The molecule has 0 amide bonds. The van der Waals surface area contributed by atoms with Crippen LogP contribution >= 0.6 is 0 Å². The van der Waals surface area contributed by atoms with Gasteiger partial charge < -0.3 is 9.47 Å². The Morgan fingerprint density at radius 2 is 1.66 bits per heavy atom. The van der Waals surface area contributed by atoms with Gasteiger partial charge >= 0.3 is 5.97 Å². The zero-order chi connectivity index (χ0) is 20.7. The zero-order valence-corrected chi connectivity index (χ0v) is 16.7. The fourth-order valence-corrected chi connectivity index (χ4v) is 3.76. The minimum Gasteiger partial charge on any atom is -0.496 e. The van der Waals surface area contributed by atoms with Gasteiger partial charge in [0.05, 0.1) is 17.6 Å². The second-order valence-electron chi connectivity index (χ2n) is 6.23. The number of rotatable bonds is 8. The van der Waals surface area contributed by atoms with Crippen molar-refractivity contribution in [3.63, 3.8) is 0 Å². The Labute approximate surface area is 170 Å². The molecule has 1 N–H and O–H groups in total. The molecule has 0 bridgehead atoms. The Hall–Kier alpha value is -3.16. The van der Waals surface area contributed by atoms with E-state index in [4.69, 9.17) is 9.47 Å². The van der Waals surface area contributed by atoms with Crippen LogP contribution in [0.25, 0.3) is 0 Å². The van der Waals surface area contributed by atoms with E-state index in [1.165, 1.54) is 31.4 Å². The maximum atomic E-state index is 12.6. The molecule has 0 saturated carbocycles. The van der Waals surface area contributed by atoms with Crippen LogP contribution in [0.4, 0.5) is 0 Å². The predicted molar refractivity (Wildman–Crippen MR) is 109 cm³/mol. The standard InChI is InChI=1S/C22H21NO5S/c1-27-21-13-6-5-10-19(21)16-28-22(24)18-11-7-12-20(14-18)29(25,26)23-15-17-8-3-2-4-9-17/h2-14,23H,15-16H2,1H3. The normalized spacial score (nSPS) is 11.1. The lowest BCUT2D eigenvalue weighted by molar-refractivity contribution is 0.0470. The molecule has 0 aliphatic rings. The Balaban J connectivity index is 1.68. The van der Waals surface area contributed by atoms with Crippen LogP contribution in [-0.2, 0) is 27.9 Å². The molecular formula is C22H21NO5S. The van der Waals surface area contributed by atoms with E-state index in [2.05, 4.69) is 4.72 Å². The first-order chi connectivity index (χ1) is 14.0. The molecule has 0 unspecified atom stereocenters. The average Bonchev–Trinajstić information content (AvgIpc) is 2.77. The zero-order valence-electron chi connectivity index (χ0n) is 15.9. The van der Waals surface area contributed by atoms with E-state index in [0.717, 1.165) is 11.1 Å². The van der Waals surface area contributed by atoms with E-state index in [1.807, 2.05) is 42.5 Å². The van der Waals surface area contributed by atoms with Crippen LogP contribution in [-0.4, -0.2) is 21.5 Å². The number of sulfonamides is 1. The van der Waals surface area contributed by atoms with Crippen molar-refractivity contribution in [3.05, 3.63) is 95.6 Å². The first-order valence-corrected chi connectivity index (χ1v) is 10.4. The third-order valence-corrected chi connectivity index (χ3v) is 5.64. The lowest BCUT2D eigenvalue weighted by Crippen LogP contribution is -2.23.